The van der Waals surface area contributed by atoms with Crippen molar-refractivity contribution >= 4 is 23.2 Å². The molecular weight excluding hydrogens is 356 g/mol. The molecule has 7 nitrogen and oxygen atoms in total. The van der Waals surface area contributed by atoms with Crippen LogP contribution in [0.25, 0.3) is 11.5 Å². The maximum Gasteiger partial charge on any atom is 0.257 e. The number of carbonyl (C=O) groups excluding carboxylic acids is 2. The van der Waals surface area contributed by atoms with Gasteiger partial charge in [-0.15, -0.1) is 0 Å². The molecule has 142 valence electrons. The Labute approximate surface area is 162 Å². The molecule has 28 heavy (non-hydrogen) atoms. The highest BCUT2D eigenvalue weighted by Crippen LogP contribution is 2.27. The molecule has 0 saturated carbocycles. The first-order valence-corrected chi connectivity index (χ1v) is 9.08. The molecule has 3 aromatic rings. The highest BCUT2D eigenvalue weighted by molar-refractivity contribution is 6.03. The van der Waals surface area contributed by atoms with Crippen molar-refractivity contribution in [2.24, 2.45) is 5.92 Å². The molecule has 0 radical (unpaired) electrons. The summed E-state index contributed by atoms with van der Waals surface area (Å²) >= 11 is 0. The summed E-state index contributed by atoms with van der Waals surface area (Å²) in [6.07, 6.45) is 0.207. The first-order chi connectivity index (χ1) is 13.5. The van der Waals surface area contributed by atoms with Crippen molar-refractivity contribution in [2.45, 2.75) is 20.3 Å². The molecule has 2 heterocycles. The third-order valence-electron chi connectivity index (χ3n) is 4.77. The molecule has 0 bridgehead atoms. The Balaban J connectivity index is 1.41. The Morgan fingerprint density at radius 1 is 1.11 bits per heavy atom. The number of hydrogen-bond acceptors (Lipinski definition) is 5. The van der Waals surface area contributed by atoms with Crippen LogP contribution in [0.2, 0.25) is 0 Å². The molecule has 7 heteroatoms. The van der Waals surface area contributed by atoms with E-state index in [4.69, 9.17) is 4.52 Å². The Morgan fingerprint density at radius 3 is 2.46 bits per heavy atom. The van der Waals surface area contributed by atoms with Crippen LogP contribution in [0.3, 0.4) is 0 Å². The number of hydrogen-bond donors (Lipinski definition) is 1. The second kappa shape index (κ2) is 7.26. The Kier molecular flexibility index (Phi) is 4.65. The van der Waals surface area contributed by atoms with E-state index in [-0.39, 0.29) is 24.2 Å². The van der Waals surface area contributed by atoms with Gasteiger partial charge in [-0.1, -0.05) is 22.9 Å². The van der Waals surface area contributed by atoms with Crippen molar-refractivity contribution in [1.82, 2.24) is 10.1 Å². The fourth-order valence-electron chi connectivity index (χ4n) is 3.21. The van der Waals surface area contributed by atoms with Crippen molar-refractivity contribution < 1.29 is 14.1 Å². The van der Waals surface area contributed by atoms with Crippen LogP contribution in [0, 0.1) is 19.8 Å². The van der Waals surface area contributed by atoms with E-state index < -0.39 is 0 Å². The molecule has 1 N–H and O–H groups in total. The van der Waals surface area contributed by atoms with E-state index in [0.29, 0.717) is 23.9 Å². The maximum atomic E-state index is 12.6. The van der Waals surface area contributed by atoms with Crippen LogP contribution in [0.1, 0.15) is 17.8 Å². The summed E-state index contributed by atoms with van der Waals surface area (Å²) in [5.41, 5.74) is 3.39. The van der Waals surface area contributed by atoms with E-state index >= 15 is 0 Å². The standard InChI is InChI=1S/C21H20N4O3/c1-13-3-9-18(10-4-13)25-12-16(11-19(25)26)20(27)23-17-7-5-15(6-8-17)21-22-14(2)24-28-21/h3-10,16H,11-12H2,1-2H3,(H,23,27). The summed E-state index contributed by atoms with van der Waals surface area (Å²) in [4.78, 5) is 30.8. The zero-order valence-electron chi connectivity index (χ0n) is 15.7. The summed E-state index contributed by atoms with van der Waals surface area (Å²) < 4.78 is 5.13. The number of anilines is 2. The normalized spacial score (nSPS) is 16.4. The van der Waals surface area contributed by atoms with Gasteiger partial charge in [0, 0.05) is 29.9 Å². The second-order valence-electron chi connectivity index (χ2n) is 6.95. The van der Waals surface area contributed by atoms with Gasteiger partial charge in [0.25, 0.3) is 5.89 Å². The van der Waals surface area contributed by atoms with Gasteiger partial charge in [-0.05, 0) is 50.2 Å². The SMILES string of the molecule is Cc1ccc(N2CC(C(=O)Nc3ccc(-c4nc(C)no4)cc3)CC2=O)cc1. The molecule has 1 aromatic heterocycles. The van der Waals surface area contributed by atoms with Crippen molar-refractivity contribution in [3.05, 3.63) is 59.9 Å². The van der Waals surface area contributed by atoms with E-state index in [2.05, 4.69) is 15.5 Å². The molecule has 1 unspecified atom stereocenters. The summed E-state index contributed by atoms with van der Waals surface area (Å²) in [6, 6.07) is 14.9. The van der Waals surface area contributed by atoms with Crippen LogP contribution in [-0.2, 0) is 9.59 Å². The van der Waals surface area contributed by atoms with Crippen LogP contribution in [0.15, 0.2) is 53.1 Å². The molecule has 0 aliphatic carbocycles. The van der Waals surface area contributed by atoms with E-state index in [0.717, 1.165) is 16.8 Å². The highest BCUT2D eigenvalue weighted by atomic mass is 16.5. The summed E-state index contributed by atoms with van der Waals surface area (Å²) in [5.74, 6) is 0.421. The number of nitrogens with one attached hydrogen (secondary N) is 1. The minimum absolute atomic E-state index is 0.0360. The van der Waals surface area contributed by atoms with Gasteiger partial charge in [0.1, 0.15) is 0 Å². The van der Waals surface area contributed by atoms with Crippen molar-refractivity contribution in [3.8, 4) is 11.5 Å². The predicted octanol–water partition coefficient (Wildman–Crippen LogP) is 3.35. The number of nitrogens with zero attached hydrogens (tertiary/aromatic N) is 3. The average molecular weight is 376 g/mol. The van der Waals surface area contributed by atoms with Crippen molar-refractivity contribution in [3.63, 3.8) is 0 Å². The van der Waals surface area contributed by atoms with Gasteiger partial charge in [0.15, 0.2) is 5.82 Å². The molecular formula is C21H20N4O3. The number of amides is 2. The van der Waals surface area contributed by atoms with Crippen LogP contribution >= 0.6 is 0 Å². The topological polar surface area (TPSA) is 88.3 Å². The van der Waals surface area contributed by atoms with E-state index in [9.17, 15) is 9.59 Å². The Bertz CT molecular complexity index is 1010. The summed E-state index contributed by atoms with van der Waals surface area (Å²) in [6.45, 7) is 4.13. The maximum absolute atomic E-state index is 12.6. The smallest absolute Gasteiger partial charge is 0.257 e. The predicted molar refractivity (Wildman–Crippen MR) is 105 cm³/mol. The first-order valence-electron chi connectivity index (χ1n) is 9.08. The number of benzene rings is 2. The zero-order chi connectivity index (χ0) is 19.7. The van der Waals surface area contributed by atoms with Gasteiger partial charge in [0.2, 0.25) is 11.8 Å². The number of carbonyl (C=O) groups is 2. The second-order valence-corrected chi connectivity index (χ2v) is 6.95. The molecule has 1 atom stereocenters. The third-order valence-corrected chi connectivity index (χ3v) is 4.77. The van der Waals surface area contributed by atoms with Crippen molar-refractivity contribution in [2.75, 3.05) is 16.8 Å². The quantitative estimate of drug-likeness (QED) is 0.754. The molecule has 1 aliphatic heterocycles. The molecule has 1 saturated heterocycles. The molecule has 1 aliphatic rings. The molecule has 4 rings (SSSR count). The van der Waals surface area contributed by atoms with Crippen LogP contribution in [0.5, 0.6) is 0 Å². The average Bonchev–Trinajstić information content (AvgIpc) is 3.29. The van der Waals surface area contributed by atoms with Gasteiger partial charge < -0.3 is 14.7 Å². The third kappa shape index (κ3) is 3.64. The minimum atomic E-state index is -0.382. The molecule has 0 spiro atoms. The van der Waals surface area contributed by atoms with Gasteiger partial charge in [0.05, 0.1) is 5.92 Å². The number of rotatable bonds is 4. The van der Waals surface area contributed by atoms with Crippen LogP contribution in [-0.4, -0.2) is 28.5 Å². The lowest BCUT2D eigenvalue weighted by atomic mass is 10.1. The van der Waals surface area contributed by atoms with Gasteiger partial charge in [-0.25, -0.2) is 0 Å². The minimum Gasteiger partial charge on any atom is -0.334 e. The lowest BCUT2D eigenvalue weighted by Gasteiger charge is -2.17. The fourth-order valence-corrected chi connectivity index (χ4v) is 3.21. The lowest BCUT2D eigenvalue weighted by Crippen LogP contribution is -2.28. The lowest BCUT2D eigenvalue weighted by molar-refractivity contribution is -0.122. The largest absolute Gasteiger partial charge is 0.334 e. The number of aromatic nitrogens is 2. The fraction of sp³-hybridized carbons (Fsp3) is 0.238. The van der Waals surface area contributed by atoms with Gasteiger partial charge >= 0.3 is 0 Å². The number of aryl methyl sites for hydroxylation is 2. The van der Waals surface area contributed by atoms with Gasteiger partial charge in [-0.3, -0.25) is 9.59 Å². The zero-order valence-corrected chi connectivity index (χ0v) is 15.7. The van der Waals surface area contributed by atoms with Crippen LogP contribution < -0.4 is 10.2 Å². The first kappa shape index (κ1) is 17.9. The Morgan fingerprint density at radius 2 is 1.82 bits per heavy atom. The van der Waals surface area contributed by atoms with Crippen LogP contribution in [0.4, 0.5) is 11.4 Å². The summed E-state index contributed by atoms with van der Waals surface area (Å²) in [7, 11) is 0. The molecule has 2 aromatic carbocycles. The van der Waals surface area contributed by atoms with Crippen molar-refractivity contribution in [1.29, 1.82) is 0 Å². The van der Waals surface area contributed by atoms with E-state index in [1.54, 1.807) is 36.1 Å². The van der Waals surface area contributed by atoms with E-state index in [1.165, 1.54) is 0 Å². The highest BCUT2D eigenvalue weighted by Gasteiger charge is 2.35. The Hall–Kier alpha value is -3.48. The summed E-state index contributed by atoms with van der Waals surface area (Å²) in [5, 5.41) is 6.65. The molecule has 1 fully saturated rings. The monoisotopic (exact) mass is 376 g/mol. The van der Waals surface area contributed by atoms with Gasteiger partial charge in [-0.2, -0.15) is 4.98 Å². The molecule has 2 amide bonds. The van der Waals surface area contributed by atoms with E-state index in [1.807, 2.05) is 31.2 Å².